The van der Waals surface area contributed by atoms with E-state index in [0.29, 0.717) is 28.0 Å². The summed E-state index contributed by atoms with van der Waals surface area (Å²) in [4.78, 5) is 28.7. The van der Waals surface area contributed by atoms with Crippen LogP contribution in [-0.2, 0) is 6.54 Å². The van der Waals surface area contributed by atoms with Gasteiger partial charge in [0.15, 0.2) is 16.9 Å². The zero-order valence-electron chi connectivity index (χ0n) is 17.1. The monoisotopic (exact) mass is 505 g/mol. The molecule has 0 spiro atoms. The van der Waals surface area contributed by atoms with Crippen molar-refractivity contribution in [3.05, 3.63) is 97.8 Å². The Hall–Kier alpha value is -3.78. The lowest BCUT2D eigenvalue weighted by molar-refractivity contribution is 0.0714. The van der Waals surface area contributed by atoms with Gasteiger partial charge in [0.2, 0.25) is 12.6 Å². The summed E-state index contributed by atoms with van der Waals surface area (Å²) in [5.41, 5.74) is 1.75. The Kier molecular flexibility index (Phi) is 4.45. The van der Waals surface area contributed by atoms with Crippen molar-refractivity contribution >= 4 is 32.8 Å². The number of phenolic OH excluding ortho intramolecular Hbond substituents is 1. The van der Waals surface area contributed by atoms with Crippen molar-refractivity contribution in [3.63, 3.8) is 0 Å². The molecule has 0 bridgehead atoms. The van der Waals surface area contributed by atoms with E-state index in [1.165, 1.54) is 0 Å². The molecule has 33 heavy (non-hydrogen) atoms. The molecule has 8 heteroatoms. The first kappa shape index (κ1) is 19.9. The van der Waals surface area contributed by atoms with Gasteiger partial charge in [-0.3, -0.25) is 9.59 Å². The van der Waals surface area contributed by atoms with Crippen molar-refractivity contribution in [2.75, 3.05) is 6.79 Å². The standard InChI is InChI=1S/C25H16BrNO6/c26-15-5-7-18-17(10-15)23(29)21-22(14-2-1-3-16(28)9-14)27(25(30)24(21)33-18)11-13-4-6-19-20(8-13)32-12-31-19/h1-10,22,28H,11-12H2/t22-/m0/s1. The second-order valence-electron chi connectivity index (χ2n) is 7.93. The molecule has 4 aromatic rings. The maximum absolute atomic E-state index is 13.6. The maximum atomic E-state index is 13.6. The zero-order valence-corrected chi connectivity index (χ0v) is 18.7. The van der Waals surface area contributed by atoms with Crippen molar-refractivity contribution in [3.8, 4) is 17.2 Å². The summed E-state index contributed by atoms with van der Waals surface area (Å²) >= 11 is 3.40. The molecule has 3 aromatic carbocycles. The van der Waals surface area contributed by atoms with Gasteiger partial charge in [0.25, 0.3) is 5.91 Å². The number of hydrogen-bond donors (Lipinski definition) is 1. The SMILES string of the molecule is O=C1c2oc3ccc(Br)cc3c(=O)c2[C@H](c2cccc(O)c2)N1Cc1ccc2c(c1)OCO2. The highest BCUT2D eigenvalue weighted by Gasteiger charge is 2.43. The van der Waals surface area contributed by atoms with Crippen LogP contribution in [-0.4, -0.2) is 22.7 Å². The van der Waals surface area contributed by atoms with Crippen molar-refractivity contribution in [1.82, 2.24) is 4.90 Å². The molecule has 6 rings (SSSR count). The number of carbonyl (C=O) groups is 1. The summed E-state index contributed by atoms with van der Waals surface area (Å²) < 4.78 is 17.5. The van der Waals surface area contributed by atoms with E-state index in [4.69, 9.17) is 13.9 Å². The van der Waals surface area contributed by atoms with Gasteiger partial charge >= 0.3 is 0 Å². The summed E-state index contributed by atoms with van der Waals surface area (Å²) in [5, 5.41) is 10.5. The van der Waals surface area contributed by atoms with E-state index in [1.54, 1.807) is 53.4 Å². The molecule has 0 aliphatic carbocycles. The molecule has 0 radical (unpaired) electrons. The fourth-order valence-electron chi connectivity index (χ4n) is 4.43. The van der Waals surface area contributed by atoms with Crippen LogP contribution in [0.4, 0.5) is 0 Å². The summed E-state index contributed by atoms with van der Waals surface area (Å²) in [6.07, 6.45) is 0. The number of rotatable bonds is 3. The van der Waals surface area contributed by atoms with E-state index in [9.17, 15) is 14.7 Å². The largest absolute Gasteiger partial charge is 0.508 e. The van der Waals surface area contributed by atoms with Gasteiger partial charge in [-0.25, -0.2) is 0 Å². The number of phenols is 1. The molecular weight excluding hydrogens is 490 g/mol. The Morgan fingerprint density at radius 2 is 1.85 bits per heavy atom. The number of halogens is 1. The normalized spacial score (nSPS) is 16.5. The Bertz CT molecular complexity index is 1510. The van der Waals surface area contributed by atoms with Crippen LogP contribution in [0.2, 0.25) is 0 Å². The summed E-state index contributed by atoms with van der Waals surface area (Å²) in [7, 11) is 0. The average molecular weight is 506 g/mol. The van der Waals surface area contributed by atoms with Crippen LogP contribution < -0.4 is 14.9 Å². The first-order chi connectivity index (χ1) is 16.0. The lowest BCUT2D eigenvalue weighted by atomic mass is 9.98. The average Bonchev–Trinajstić information content (AvgIpc) is 3.37. The molecule has 0 fully saturated rings. The van der Waals surface area contributed by atoms with E-state index in [2.05, 4.69) is 15.9 Å². The van der Waals surface area contributed by atoms with Gasteiger partial charge in [-0.1, -0.05) is 34.1 Å². The molecule has 164 valence electrons. The summed E-state index contributed by atoms with van der Waals surface area (Å²) in [6, 6.07) is 16.4. The van der Waals surface area contributed by atoms with Gasteiger partial charge in [-0.05, 0) is 53.6 Å². The smallest absolute Gasteiger partial charge is 0.291 e. The quantitative estimate of drug-likeness (QED) is 0.432. The number of carbonyl (C=O) groups excluding carboxylic acids is 1. The van der Waals surface area contributed by atoms with E-state index < -0.39 is 11.9 Å². The molecule has 3 heterocycles. The van der Waals surface area contributed by atoms with Crippen LogP contribution in [0.15, 0.2) is 74.3 Å². The third-order valence-electron chi connectivity index (χ3n) is 5.90. The molecule has 1 atom stereocenters. The van der Waals surface area contributed by atoms with Gasteiger partial charge < -0.3 is 23.9 Å². The fourth-order valence-corrected chi connectivity index (χ4v) is 4.79. The zero-order chi connectivity index (χ0) is 22.7. The molecule has 1 amide bonds. The predicted octanol–water partition coefficient (Wildman–Crippen LogP) is 4.74. The highest BCUT2D eigenvalue weighted by molar-refractivity contribution is 9.10. The number of hydrogen-bond acceptors (Lipinski definition) is 6. The minimum absolute atomic E-state index is 0.0175. The molecule has 0 saturated heterocycles. The second-order valence-corrected chi connectivity index (χ2v) is 8.85. The molecule has 1 aromatic heterocycles. The van der Waals surface area contributed by atoms with Crippen LogP contribution in [0.25, 0.3) is 11.0 Å². The number of benzene rings is 3. The van der Waals surface area contributed by atoms with Gasteiger partial charge in [0, 0.05) is 11.0 Å². The number of amides is 1. The third-order valence-corrected chi connectivity index (χ3v) is 6.40. The Morgan fingerprint density at radius 3 is 2.70 bits per heavy atom. The van der Waals surface area contributed by atoms with Gasteiger partial charge in [0.05, 0.1) is 17.0 Å². The van der Waals surface area contributed by atoms with E-state index in [1.807, 2.05) is 12.1 Å². The highest BCUT2D eigenvalue weighted by atomic mass is 79.9. The van der Waals surface area contributed by atoms with Crippen LogP contribution in [0.1, 0.15) is 33.3 Å². The van der Waals surface area contributed by atoms with Crippen LogP contribution in [0.5, 0.6) is 17.2 Å². The van der Waals surface area contributed by atoms with Crippen molar-refractivity contribution in [2.45, 2.75) is 12.6 Å². The first-order valence-electron chi connectivity index (χ1n) is 10.2. The second kappa shape index (κ2) is 7.38. The van der Waals surface area contributed by atoms with Crippen molar-refractivity contribution in [1.29, 1.82) is 0 Å². The van der Waals surface area contributed by atoms with E-state index >= 15 is 0 Å². The number of nitrogens with zero attached hydrogens (tertiary/aromatic N) is 1. The maximum Gasteiger partial charge on any atom is 0.291 e. The lowest BCUT2D eigenvalue weighted by Crippen LogP contribution is -2.29. The number of aromatic hydroxyl groups is 1. The van der Waals surface area contributed by atoms with Crippen LogP contribution in [0.3, 0.4) is 0 Å². The van der Waals surface area contributed by atoms with Crippen molar-refractivity contribution < 1.29 is 23.8 Å². The molecule has 0 unspecified atom stereocenters. The summed E-state index contributed by atoms with van der Waals surface area (Å²) in [6.45, 7) is 0.360. The lowest BCUT2D eigenvalue weighted by Gasteiger charge is -2.25. The van der Waals surface area contributed by atoms with E-state index in [-0.39, 0.29) is 35.8 Å². The Morgan fingerprint density at radius 1 is 1.00 bits per heavy atom. The van der Waals surface area contributed by atoms with Crippen LogP contribution >= 0.6 is 15.9 Å². The number of fused-ring (bicyclic) bond motifs is 3. The molecule has 7 nitrogen and oxygen atoms in total. The number of ether oxygens (including phenoxy) is 2. The fraction of sp³-hybridized carbons (Fsp3) is 0.120. The summed E-state index contributed by atoms with van der Waals surface area (Å²) in [5.74, 6) is 0.925. The Balaban J connectivity index is 1.53. The van der Waals surface area contributed by atoms with Crippen molar-refractivity contribution in [2.24, 2.45) is 0 Å². The molecule has 0 saturated carbocycles. The minimum atomic E-state index is -0.718. The topological polar surface area (TPSA) is 89.2 Å². The molecule has 2 aliphatic rings. The minimum Gasteiger partial charge on any atom is -0.508 e. The molecule has 2 aliphatic heterocycles. The van der Waals surface area contributed by atoms with Gasteiger partial charge in [-0.15, -0.1) is 0 Å². The van der Waals surface area contributed by atoms with E-state index in [0.717, 1.165) is 10.0 Å². The highest BCUT2D eigenvalue weighted by Crippen LogP contribution is 2.41. The molecule has 1 N–H and O–H groups in total. The first-order valence-corrected chi connectivity index (χ1v) is 11.0. The predicted molar refractivity (Wildman–Crippen MR) is 123 cm³/mol. The Labute approximate surface area is 195 Å². The third kappa shape index (κ3) is 3.17. The van der Waals surface area contributed by atoms with Gasteiger partial charge in [-0.2, -0.15) is 0 Å². The van der Waals surface area contributed by atoms with Crippen LogP contribution in [0, 0.1) is 0 Å². The van der Waals surface area contributed by atoms with Gasteiger partial charge in [0.1, 0.15) is 11.3 Å². The molecular formula is C25H16BrNO6.